The second kappa shape index (κ2) is 9.61. The molecule has 0 fully saturated rings. The molecule has 37 heavy (non-hydrogen) atoms. The molecule has 1 atom stereocenters. The molecule has 0 spiro atoms. The van der Waals surface area contributed by atoms with Gasteiger partial charge in [0.25, 0.3) is 28.7 Å². The van der Waals surface area contributed by atoms with Crippen LogP contribution in [0.2, 0.25) is 0 Å². The van der Waals surface area contributed by atoms with E-state index < -0.39 is 66.4 Å². The van der Waals surface area contributed by atoms with Crippen LogP contribution >= 0.6 is 0 Å². The lowest BCUT2D eigenvalue weighted by atomic mass is 9.88. The van der Waals surface area contributed by atoms with Crippen LogP contribution in [0, 0.1) is 40.5 Å². The molecule has 1 unspecified atom stereocenters. The van der Waals surface area contributed by atoms with Gasteiger partial charge in [-0.2, -0.15) is 0 Å². The summed E-state index contributed by atoms with van der Waals surface area (Å²) in [6.45, 7) is 0. The van der Waals surface area contributed by atoms with Gasteiger partial charge in [-0.05, 0) is 23.8 Å². The lowest BCUT2D eigenvalue weighted by Gasteiger charge is -2.33. The van der Waals surface area contributed by atoms with Crippen LogP contribution in [0.3, 0.4) is 0 Å². The van der Waals surface area contributed by atoms with Gasteiger partial charge in [-0.15, -0.1) is 0 Å². The first-order valence-electron chi connectivity index (χ1n) is 10.5. The van der Waals surface area contributed by atoms with E-state index in [1.54, 1.807) is 24.3 Å². The predicted octanol–water partition coefficient (Wildman–Crippen LogP) is 4.43. The smallest absolute Gasteiger partial charge is 0.293 e. The first kappa shape index (κ1) is 24.6. The molecular weight excluding hydrogens is 490 g/mol. The Labute approximate surface area is 206 Å². The molecule has 3 aromatic rings. The molecule has 3 aromatic carbocycles. The van der Waals surface area contributed by atoms with Gasteiger partial charge in [0.1, 0.15) is 5.56 Å². The van der Waals surface area contributed by atoms with E-state index >= 15 is 0 Å². The molecule has 4 rings (SSSR count). The highest BCUT2D eigenvalue weighted by atomic mass is 16.6. The number of hydrogen-bond acceptors (Lipinski definition) is 9. The van der Waals surface area contributed by atoms with Crippen molar-refractivity contribution in [2.75, 3.05) is 0 Å². The summed E-state index contributed by atoms with van der Waals surface area (Å²) in [6.07, 6.45) is 0.465. The number of nitro groups is 4. The number of carbonyl (C=O) groups excluding carboxylic acids is 1. The number of non-ortho nitro benzene ring substituents is 1. The number of amides is 1. The fourth-order valence-electron chi connectivity index (χ4n) is 4.21. The van der Waals surface area contributed by atoms with E-state index in [0.29, 0.717) is 12.1 Å². The van der Waals surface area contributed by atoms with Gasteiger partial charge >= 0.3 is 0 Å². The Balaban J connectivity index is 1.96. The Bertz CT molecular complexity index is 1470. The number of carbonyl (C=O) groups is 1. The average molecular weight is 505 g/mol. The van der Waals surface area contributed by atoms with Gasteiger partial charge in [-0.1, -0.05) is 36.4 Å². The molecule has 0 saturated carbocycles. The minimum absolute atomic E-state index is 0.127. The third kappa shape index (κ3) is 4.58. The Morgan fingerprint density at radius 2 is 1.32 bits per heavy atom. The Morgan fingerprint density at radius 3 is 1.86 bits per heavy atom. The van der Waals surface area contributed by atoms with E-state index in [9.17, 15) is 45.3 Å². The molecule has 0 saturated heterocycles. The van der Waals surface area contributed by atoms with Crippen molar-refractivity contribution in [2.24, 2.45) is 0 Å². The molecule has 186 valence electrons. The molecule has 14 nitrogen and oxygen atoms in total. The third-order valence-corrected chi connectivity index (χ3v) is 5.83. The summed E-state index contributed by atoms with van der Waals surface area (Å²) in [7, 11) is 0. The largest absolute Gasteiger partial charge is 0.300 e. The van der Waals surface area contributed by atoms with Crippen LogP contribution in [0.15, 0.2) is 72.9 Å². The predicted molar refractivity (Wildman–Crippen MR) is 127 cm³/mol. The molecule has 1 heterocycles. The van der Waals surface area contributed by atoms with Gasteiger partial charge in [0, 0.05) is 12.0 Å². The monoisotopic (exact) mass is 505 g/mol. The van der Waals surface area contributed by atoms with Gasteiger partial charge < -0.3 is 4.90 Å². The molecule has 1 amide bonds. The normalized spacial score (nSPS) is 14.3. The number of fused-ring (bicyclic) bond motifs is 1. The third-order valence-electron chi connectivity index (χ3n) is 5.83. The topological polar surface area (TPSA) is 193 Å². The van der Waals surface area contributed by atoms with Gasteiger partial charge in [0.2, 0.25) is 0 Å². The highest BCUT2D eigenvalue weighted by Gasteiger charge is 2.40. The lowest BCUT2D eigenvalue weighted by Crippen LogP contribution is -2.35. The maximum Gasteiger partial charge on any atom is 0.293 e. The van der Waals surface area contributed by atoms with Gasteiger partial charge in [0.15, 0.2) is 0 Å². The van der Waals surface area contributed by atoms with Crippen LogP contribution in [0.5, 0.6) is 0 Å². The van der Waals surface area contributed by atoms with Crippen LogP contribution in [-0.4, -0.2) is 30.5 Å². The quantitative estimate of drug-likeness (QED) is 0.330. The summed E-state index contributed by atoms with van der Waals surface area (Å²) in [5.41, 5.74) is -2.99. The Kier molecular flexibility index (Phi) is 6.39. The fourth-order valence-corrected chi connectivity index (χ4v) is 4.21. The number of nitrogens with zero attached hydrogens (tertiary/aromatic N) is 5. The summed E-state index contributed by atoms with van der Waals surface area (Å²) in [5.74, 6) is -0.688. The molecule has 0 aromatic heterocycles. The van der Waals surface area contributed by atoms with Gasteiger partial charge in [-0.3, -0.25) is 45.3 Å². The van der Waals surface area contributed by atoms with E-state index in [1.807, 2.05) is 0 Å². The molecule has 0 N–H and O–H groups in total. The SMILES string of the molecule is O=C(c1ccccc1)N1C=C([N+](=O)[O-])c2ccccc2C1Cc1c([N+](=O)[O-])cc([N+](=O)[O-])cc1[N+](=O)[O-]. The van der Waals surface area contributed by atoms with Crippen molar-refractivity contribution in [1.29, 1.82) is 0 Å². The van der Waals surface area contributed by atoms with Crippen molar-refractivity contribution < 1.29 is 24.5 Å². The van der Waals surface area contributed by atoms with E-state index in [-0.39, 0.29) is 16.7 Å². The van der Waals surface area contributed by atoms with Crippen molar-refractivity contribution in [1.82, 2.24) is 4.90 Å². The first-order chi connectivity index (χ1) is 17.6. The highest BCUT2D eigenvalue weighted by Crippen LogP contribution is 2.42. The summed E-state index contributed by atoms with van der Waals surface area (Å²) < 4.78 is 0. The van der Waals surface area contributed by atoms with Gasteiger partial charge in [0.05, 0.1) is 49.6 Å². The molecular formula is C23H15N5O9. The van der Waals surface area contributed by atoms with E-state index in [2.05, 4.69) is 0 Å². The van der Waals surface area contributed by atoms with E-state index in [0.717, 1.165) is 11.1 Å². The second-order valence-corrected chi connectivity index (χ2v) is 7.89. The number of hydrogen-bond donors (Lipinski definition) is 0. The zero-order valence-electron chi connectivity index (χ0n) is 18.6. The molecule has 1 aliphatic heterocycles. The molecule has 14 heteroatoms. The highest BCUT2D eigenvalue weighted by molar-refractivity contribution is 5.96. The summed E-state index contributed by atoms with van der Waals surface area (Å²) >= 11 is 0. The summed E-state index contributed by atoms with van der Waals surface area (Å²) in [6, 6.07) is 13.8. The zero-order valence-corrected chi connectivity index (χ0v) is 18.6. The van der Waals surface area contributed by atoms with E-state index in [1.165, 1.54) is 30.3 Å². The minimum Gasteiger partial charge on any atom is -0.300 e. The molecule has 0 radical (unpaired) electrons. The number of benzene rings is 3. The average Bonchev–Trinajstić information content (AvgIpc) is 2.88. The van der Waals surface area contributed by atoms with Crippen LogP contribution in [0.4, 0.5) is 17.1 Å². The van der Waals surface area contributed by atoms with Gasteiger partial charge in [-0.25, -0.2) is 0 Å². The van der Waals surface area contributed by atoms with Crippen LogP contribution in [-0.2, 0) is 6.42 Å². The minimum atomic E-state index is -1.15. The Hall–Kier alpha value is -5.53. The molecule has 0 aliphatic carbocycles. The maximum absolute atomic E-state index is 13.5. The fraction of sp³-hybridized carbons (Fsp3) is 0.0870. The summed E-state index contributed by atoms with van der Waals surface area (Å²) in [5, 5.41) is 46.7. The van der Waals surface area contributed by atoms with Crippen LogP contribution in [0.1, 0.15) is 33.1 Å². The maximum atomic E-state index is 13.5. The Morgan fingerprint density at radius 1 is 0.757 bits per heavy atom. The molecule has 1 aliphatic rings. The van der Waals surface area contributed by atoms with Crippen molar-refractivity contribution in [3.05, 3.63) is 136 Å². The number of nitro benzene ring substituents is 3. The van der Waals surface area contributed by atoms with Crippen LogP contribution in [0.25, 0.3) is 5.70 Å². The lowest BCUT2D eigenvalue weighted by molar-refractivity contribution is -0.404. The van der Waals surface area contributed by atoms with E-state index in [4.69, 9.17) is 0 Å². The van der Waals surface area contributed by atoms with Crippen LogP contribution < -0.4 is 0 Å². The second-order valence-electron chi connectivity index (χ2n) is 7.89. The zero-order chi connectivity index (χ0) is 26.9. The van der Waals surface area contributed by atoms with Crippen molar-refractivity contribution in [3.63, 3.8) is 0 Å². The number of rotatable bonds is 7. The summed E-state index contributed by atoms with van der Waals surface area (Å²) in [4.78, 5) is 57.5. The first-order valence-corrected chi connectivity index (χ1v) is 10.5. The molecule has 0 bridgehead atoms. The van der Waals surface area contributed by atoms with Crippen molar-refractivity contribution >= 4 is 28.7 Å². The van der Waals surface area contributed by atoms with Crippen molar-refractivity contribution in [2.45, 2.75) is 12.5 Å². The van der Waals surface area contributed by atoms with Crippen molar-refractivity contribution in [3.8, 4) is 0 Å². The standard InChI is InChI=1S/C23H15N5O9/c29-23(14-6-2-1-3-7-14)24-13-22(28(36)37)17-9-5-4-8-16(17)19(24)12-18-20(26(32)33)10-15(25(30)31)11-21(18)27(34)35/h1-11,13,19H,12H2.